The van der Waals surface area contributed by atoms with Crippen molar-refractivity contribution in [3.8, 4) is 0 Å². The van der Waals surface area contributed by atoms with Gasteiger partial charge in [0.05, 0.1) is 10.5 Å². The number of carbonyl (C=O) groups excluding carboxylic acids is 1. The maximum atomic E-state index is 12.5. The van der Waals surface area contributed by atoms with Crippen LogP contribution in [0.4, 0.5) is 0 Å². The van der Waals surface area contributed by atoms with E-state index in [1.807, 2.05) is 6.07 Å². The maximum Gasteiger partial charge on any atom is 0.338 e. The summed E-state index contributed by atoms with van der Waals surface area (Å²) in [7, 11) is -3.49. The molecule has 0 saturated carbocycles. The lowest BCUT2D eigenvalue weighted by atomic mass is 10.1. The largest absolute Gasteiger partial charge is 0.454 e. The van der Waals surface area contributed by atoms with Gasteiger partial charge in [-0.15, -0.1) is 0 Å². The minimum Gasteiger partial charge on any atom is -0.454 e. The normalized spacial score (nSPS) is 16.4. The topological polar surface area (TPSA) is 63.7 Å². The van der Waals surface area contributed by atoms with Crippen molar-refractivity contribution in [3.05, 3.63) is 64.7 Å². The molecule has 1 unspecified atom stereocenters. The summed E-state index contributed by atoms with van der Waals surface area (Å²) < 4.78 is 31.9. The molecule has 0 radical (unpaired) electrons. The van der Waals surface area contributed by atoms with Crippen molar-refractivity contribution in [1.29, 1.82) is 0 Å². The zero-order valence-electron chi connectivity index (χ0n) is 14.4. The average Bonchev–Trinajstić information content (AvgIpc) is 3.17. The van der Waals surface area contributed by atoms with Gasteiger partial charge in [0.25, 0.3) is 0 Å². The Morgan fingerprint density at radius 1 is 1.08 bits per heavy atom. The van der Waals surface area contributed by atoms with Crippen molar-refractivity contribution in [1.82, 2.24) is 4.31 Å². The monoisotopic (exact) mass is 393 g/mol. The second kappa shape index (κ2) is 7.78. The summed E-state index contributed by atoms with van der Waals surface area (Å²) >= 11 is 6.12. The van der Waals surface area contributed by atoms with Crippen LogP contribution in [0.15, 0.2) is 53.4 Å². The number of halogens is 1. The highest BCUT2D eigenvalue weighted by atomic mass is 35.5. The Bertz CT molecular complexity index is 890. The van der Waals surface area contributed by atoms with Crippen molar-refractivity contribution in [2.24, 2.45) is 0 Å². The smallest absolute Gasteiger partial charge is 0.338 e. The summed E-state index contributed by atoms with van der Waals surface area (Å²) in [6.45, 7) is 2.83. The van der Waals surface area contributed by atoms with Crippen molar-refractivity contribution < 1.29 is 17.9 Å². The molecule has 7 heteroatoms. The number of carbonyl (C=O) groups is 1. The van der Waals surface area contributed by atoms with Gasteiger partial charge in [-0.3, -0.25) is 0 Å². The standard InChI is InChI=1S/C19H20ClNO4S/c1-14(17-6-2-3-7-18(17)20)25-19(22)15-8-10-16(11-9-15)26(23,24)21-12-4-5-13-21/h2-3,6-11,14H,4-5,12-13H2,1H3. The van der Waals surface area contributed by atoms with Crippen LogP contribution in [0.5, 0.6) is 0 Å². The first-order valence-corrected chi connectivity index (χ1v) is 10.3. The number of esters is 1. The summed E-state index contributed by atoms with van der Waals surface area (Å²) in [6, 6.07) is 13.0. The van der Waals surface area contributed by atoms with Crippen LogP contribution in [0, 0.1) is 0 Å². The number of hydrogen-bond acceptors (Lipinski definition) is 4. The summed E-state index contributed by atoms with van der Waals surface area (Å²) in [5, 5.41) is 0.528. The first-order chi connectivity index (χ1) is 12.4. The second-order valence-corrected chi connectivity index (χ2v) is 8.55. The lowest BCUT2D eigenvalue weighted by molar-refractivity contribution is 0.0338. The highest BCUT2D eigenvalue weighted by Crippen LogP contribution is 2.26. The van der Waals surface area contributed by atoms with Crippen LogP contribution in [0.3, 0.4) is 0 Å². The molecule has 0 spiro atoms. The van der Waals surface area contributed by atoms with E-state index in [0.29, 0.717) is 23.7 Å². The molecule has 1 fully saturated rings. The van der Waals surface area contributed by atoms with Crippen molar-refractivity contribution in [3.63, 3.8) is 0 Å². The Labute approximate surface area is 158 Å². The van der Waals surface area contributed by atoms with Crippen molar-refractivity contribution in [2.75, 3.05) is 13.1 Å². The molecule has 1 aliphatic heterocycles. The third kappa shape index (κ3) is 3.92. The van der Waals surface area contributed by atoms with Crippen LogP contribution in [-0.2, 0) is 14.8 Å². The fraction of sp³-hybridized carbons (Fsp3) is 0.316. The number of nitrogens with zero attached hydrogens (tertiary/aromatic N) is 1. The molecule has 1 heterocycles. The second-order valence-electron chi connectivity index (χ2n) is 6.20. The molecule has 0 aliphatic carbocycles. The van der Waals surface area contributed by atoms with Crippen LogP contribution in [0.25, 0.3) is 0 Å². The van der Waals surface area contributed by atoms with E-state index < -0.39 is 22.1 Å². The quantitative estimate of drug-likeness (QED) is 0.719. The Kier molecular flexibility index (Phi) is 5.65. The van der Waals surface area contributed by atoms with Crippen LogP contribution in [-0.4, -0.2) is 31.8 Å². The van der Waals surface area contributed by atoms with Crippen LogP contribution in [0.1, 0.15) is 41.8 Å². The first kappa shape index (κ1) is 18.9. The molecule has 0 N–H and O–H groups in total. The summed E-state index contributed by atoms with van der Waals surface area (Å²) in [4.78, 5) is 12.5. The predicted molar refractivity (Wildman–Crippen MR) is 99.7 cm³/mol. The van der Waals surface area contributed by atoms with Gasteiger partial charge in [-0.2, -0.15) is 4.31 Å². The van der Waals surface area contributed by atoms with Gasteiger partial charge in [0.1, 0.15) is 6.10 Å². The fourth-order valence-electron chi connectivity index (χ4n) is 2.94. The number of sulfonamides is 1. The zero-order valence-corrected chi connectivity index (χ0v) is 16.0. The number of benzene rings is 2. The van der Waals surface area contributed by atoms with E-state index in [1.54, 1.807) is 25.1 Å². The van der Waals surface area contributed by atoms with E-state index in [-0.39, 0.29) is 4.90 Å². The van der Waals surface area contributed by atoms with Gasteiger partial charge in [-0.25, -0.2) is 13.2 Å². The van der Waals surface area contributed by atoms with E-state index in [4.69, 9.17) is 16.3 Å². The summed E-state index contributed by atoms with van der Waals surface area (Å²) in [5.41, 5.74) is 1.01. The van der Waals surface area contributed by atoms with Gasteiger partial charge in [0.15, 0.2) is 0 Å². The van der Waals surface area contributed by atoms with Gasteiger partial charge < -0.3 is 4.74 Å². The number of ether oxygens (including phenoxy) is 1. The van der Waals surface area contributed by atoms with Crippen LogP contribution >= 0.6 is 11.6 Å². The van der Waals surface area contributed by atoms with E-state index >= 15 is 0 Å². The maximum absolute atomic E-state index is 12.5. The van der Waals surface area contributed by atoms with Gasteiger partial charge in [0.2, 0.25) is 10.0 Å². The predicted octanol–water partition coefficient (Wildman–Crippen LogP) is 4.04. The van der Waals surface area contributed by atoms with Gasteiger partial charge in [-0.1, -0.05) is 29.8 Å². The zero-order chi connectivity index (χ0) is 18.7. The van der Waals surface area contributed by atoms with Crippen LogP contribution < -0.4 is 0 Å². The molecule has 3 rings (SSSR count). The molecule has 2 aromatic carbocycles. The van der Waals surface area contributed by atoms with Crippen LogP contribution in [0.2, 0.25) is 5.02 Å². The lowest BCUT2D eigenvalue weighted by Crippen LogP contribution is -2.27. The highest BCUT2D eigenvalue weighted by Gasteiger charge is 2.27. The minimum absolute atomic E-state index is 0.190. The van der Waals surface area contributed by atoms with E-state index in [9.17, 15) is 13.2 Å². The average molecular weight is 394 g/mol. The molecule has 0 amide bonds. The van der Waals surface area contributed by atoms with Gasteiger partial charge in [0, 0.05) is 23.7 Å². The van der Waals surface area contributed by atoms with Gasteiger partial charge >= 0.3 is 5.97 Å². The van der Waals surface area contributed by atoms with E-state index in [1.165, 1.54) is 28.6 Å². The summed E-state index contributed by atoms with van der Waals surface area (Å²) in [5.74, 6) is -0.525. The molecule has 0 aromatic heterocycles. The Balaban J connectivity index is 1.72. The molecule has 0 bridgehead atoms. The third-order valence-corrected chi connectivity index (χ3v) is 6.68. The lowest BCUT2D eigenvalue weighted by Gasteiger charge is -2.16. The fourth-order valence-corrected chi connectivity index (χ4v) is 4.74. The minimum atomic E-state index is -3.49. The highest BCUT2D eigenvalue weighted by molar-refractivity contribution is 7.89. The van der Waals surface area contributed by atoms with E-state index in [2.05, 4.69) is 0 Å². The summed E-state index contributed by atoms with van der Waals surface area (Å²) in [6.07, 6.45) is 1.25. The molecule has 5 nitrogen and oxygen atoms in total. The molecule has 138 valence electrons. The van der Waals surface area contributed by atoms with Crippen molar-refractivity contribution in [2.45, 2.75) is 30.8 Å². The molecule has 1 aliphatic rings. The van der Waals surface area contributed by atoms with Gasteiger partial charge in [-0.05, 0) is 50.1 Å². The Morgan fingerprint density at radius 2 is 1.69 bits per heavy atom. The van der Waals surface area contributed by atoms with E-state index in [0.717, 1.165) is 18.4 Å². The number of hydrogen-bond donors (Lipinski definition) is 0. The Morgan fingerprint density at radius 3 is 2.31 bits per heavy atom. The molecular formula is C19H20ClNO4S. The molecule has 1 atom stereocenters. The molecule has 2 aromatic rings. The first-order valence-electron chi connectivity index (χ1n) is 8.45. The third-order valence-electron chi connectivity index (χ3n) is 4.42. The molecule has 26 heavy (non-hydrogen) atoms. The molecule has 1 saturated heterocycles. The SMILES string of the molecule is CC(OC(=O)c1ccc(S(=O)(=O)N2CCCC2)cc1)c1ccccc1Cl. The van der Waals surface area contributed by atoms with Crippen molar-refractivity contribution >= 4 is 27.6 Å². The molecular weight excluding hydrogens is 374 g/mol. The Hall–Kier alpha value is -1.89. The number of rotatable bonds is 5.